The summed E-state index contributed by atoms with van der Waals surface area (Å²) in [5.41, 5.74) is 1.21. The van der Waals surface area contributed by atoms with Gasteiger partial charge in [0.2, 0.25) is 5.91 Å². The number of rotatable bonds is 4. The molecule has 21 heavy (non-hydrogen) atoms. The van der Waals surface area contributed by atoms with E-state index in [0.717, 1.165) is 44.1 Å². The molecule has 116 valence electrons. The summed E-state index contributed by atoms with van der Waals surface area (Å²) >= 11 is 0. The van der Waals surface area contributed by atoms with Crippen molar-refractivity contribution in [3.8, 4) is 0 Å². The number of nitrogens with zero attached hydrogens (tertiary/aromatic N) is 3. The van der Waals surface area contributed by atoms with E-state index in [0.29, 0.717) is 11.9 Å². The summed E-state index contributed by atoms with van der Waals surface area (Å²) < 4.78 is 2.30. The van der Waals surface area contributed by atoms with Gasteiger partial charge in [0.15, 0.2) is 0 Å². The van der Waals surface area contributed by atoms with Crippen molar-refractivity contribution < 1.29 is 4.79 Å². The lowest BCUT2D eigenvalue weighted by molar-refractivity contribution is -0.130. The number of imidazole rings is 1. The first-order valence-electron chi connectivity index (χ1n) is 8.43. The van der Waals surface area contributed by atoms with Crippen LogP contribution < -0.4 is 0 Å². The van der Waals surface area contributed by atoms with Gasteiger partial charge in [-0.05, 0) is 32.6 Å². The van der Waals surface area contributed by atoms with Crippen LogP contribution in [0.1, 0.15) is 62.5 Å². The fraction of sp³-hybridized carbons (Fsp3) is 0.765. The zero-order valence-electron chi connectivity index (χ0n) is 13.3. The molecule has 0 radical (unpaired) electrons. The van der Waals surface area contributed by atoms with E-state index in [1.807, 2.05) is 6.20 Å². The van der Waals surface area contributed by atoms with Crippen LogP contribution in [0, 0.1) is 19.8 Å². The minimum absolute atomic E-state index is 0.361. The highest BCUT2D eigenvalue weighted by atomic mass is 16.2. The van der Waals surface area contributed by atoms with Gasteiger partial charge >= 0.3 is 0 Å². The van der Waals surface area contributed by atoms with Crippen LogP contribution in [0.15, 0.2) is 6.20 Å². The van der Waals surface area contributed by atoms with Crippen molar-refractivity contribution in [1.29, 1.82) is 0 Å². The molecular weight excluding hydrogens is 262 g/mol. The Morgan fingerprint density at radius 1 is 1.29 bits per heavy atom. The normalized spacial score (nSPS) is 23.1. The number of carbonyl (C=O) groups is 1. The highest BCUT2D eigenvalue weighted by molar-refractivity contribution is 5.76. The minimum atomic E-state index is 0.361. The van der Waals surface area contributed by atoms with E-state index < -0.39 is 0 Å². The first kappa shape index (κ1) is 14.6. The van der Waals surface area contributed by atoms with Gasteiger partial charge in [0.25, 0.3) is 0 Å². The lowest BCUT2D eigenvalue weighted by Gasteiger charge is -2.19. The molecule has 3 rings (SSSR count). The number of likely N-dealkylation sites (tertiary alicyclic amines) is 1. The fourth-order valence-corrected chi connectivity index (χ4v) is 4.08. The van der Waals surface area contributed by atoms with E-state index in [-0.39, 0.29) is 0 Å². The van der Waals surface area contributed by atoms with Crippen molar-refractivity contribution >= 4 is 5.91 Å². The van der Waals surface area contributed by atoms with Gasteiger partial charge in [-0.1, -0.05) is 25.7 Å². The molecular formula is C17H27N3O. The number of aromatic nitrogens is 2. The third-order valence-corrected chi connectivity index (χ3v) is 5.29. The maximum Gasteiger partial charge on any atom is 0.222 e. The van der Waals surface area contributed by atoms with E-state index in [1.165, 1.54) is 31.4 Å². The molecule has 0 spiro atoms. The molecule has 0 aromatic carbocycles. The van der Waals surface area contributed by atoms with Crippen molar-refractivity contribution in [2.45, 2.75) is 64.8 Å². The van der Waals surface area contributed by atoms with E-state index in [1.54, 1.807) is 0 Å². The molecule has 1 aromatic heterocycles. The largest absolute Gasteiger partial charge is 0.341 e. The van der Waals surface area contributed by atoms with Crippen LogP contribution in [0.2, 0.25) is 0 Å². The quantitative estimate of drug-likeness (QED) is 0.853. The molecule has 0 bridgehead atoms. The standard InChI is InChI=1S/C17H27N3O/c1-13-11-18-14(2)20(13)16-9-10-19(12-16)17(21)8-7-15-5-3-4-6-15/h11,15-16H,3-10,12H2,1-2H3. The molecule has 1 saturated carbocycles. The topological polar surface area (TPSA) is 38.1 Å². The Labute approximate surface area is 127 Å². The summed E-state index contributed by atoms with van der Waals surface area (Å²) in [6.07, 6.45) is 10.2. The smallest absolute Gasteiger partial charge is 0.222 e. The third-order valence-electron chi connectivity index (χ3n) is 5.29. The Morgan fingerprint density at radius 2 is 2.05 bits per heavy atom. The van der Waals surface area contributed by atoms with Crippen molar-refractivity contribution in [1.82, 2.24) is 14.5 Å². The van der Waals surface area contributed by atoms with Crippen molar-refractivity contribution in [3.63, 3.8) is 0 Å². The zero-order chi connectivity index (χ0) is 14.8. The second kappa shape index (κ2) is 6.20. The van der Waals surface area contributed by atoms with Crippen LogP contribution in [0.5, 0.6) is 0 Å². The maximum absolute atomic E-state index is 12.4. The van der Waals surface area contributed by atoms with Gasteiger partial charge in [0.1, 0.15) is 5.82 Å². The second-order valence-electron chi connectivity index (χ2n) is 6.79. The number of carbonyl (C=O) groups excluding carboxylic acids is 1. The molecule has 1 aliphatic carbocycles. The third kappa shape index (κ3) is 3.14. The molecule has 1 saturated heterocycles. The molecule has 1 aliphatic heterocycles. The van der Waals surface area contributed by atoms with Crippen LogP contribution in [-0.4, -0.2) is 33.4 Å². The predicted octanol–water partition coefficient (Wildman–Crippen LogP) is 3.24. The van der Waals surface area contributed by atoms with Gasteiger partial charge in [0, 0.05) is 31.4 Å². The molecule has 1 unspecified atom stereocenters. The van der Waals surface area contributed by atoms with Crippen LogP contribution in [0.3, 0.4) is 0 Å². The Kier molecular flexibility index (Phi) is 4.32. The number of aryl methyl sites for hydroxylation is 2. The number of amides is 1. The van der Waals surface area contributed by atoms with E-state index in [9.17, 15) is 4.79 Å². The summed E-state index contributed by atoms with van der Waals surface area (Å²) in [6, 6.07) is 0.419. The summed E-state index contributed by atoms with van der Waals surface area (Å²) in [5, 5.41) is 0. The average Bonchev–Trinajstić information content (AvgIpc) is 3.18. The summed E-state index contributed by atoms with van der Waals surface area (Å²) in [4.78, 5) is 18.8. The summed E-state index contributed by atoms with van der Waals surface area (Å²) in [5.74, 6) is 2.24. The van der Waals surface area contributed by atoms with Gasteiger partial charge in [-0.25, -0.2) is 4.98 Å². The molecule has 2 fully saturated rings. The first-order valence-corrected chi connectivity index (χ1v) is 8.43. The number of hydrogen-bond donors (Lipinski definition) is 0. The van der Waals surface area contributed by atoms with E-state index in [2.05, 4.69) is 28.3 Å². The summed E-state index contributed by atoms with van der Waals surface area (Å²) in [7, 11) is 0. The van der Waals surface area contributed by atoms with Crippen LogP contribution in [0.25, 0.3) is 0 Å². The van der Waals surface area contributed by atoms with Gasteiger partial charge in [-0.3, -0.25) is 4.79 Å². The highest BCUT2D eigenvalue weighted by Crippen LogP contribution is 2.30. The van der Waals surface area contributed by atoms with Crippen molar-refractivity contribution in [2.24, 2.45) is 5.92 Å². The molecule has 0 N–H and O–H groups in total. The van der Waals surface area contributed by atoms with Gasteiger partial charge in [-0.2, -0.15) is 0 Å². The first-order chi connectivity index (χ1) is 10.1. The zero-order valence-corrected chi connectivity index (χ0v) is 13.3. The predicted molar refractivity (Wildman–Crippen MR) is 83.1 cm³/mol. The Hall–Kier alpha value is -1.32. The average molecular weight is 289 g/mol. The van der Waals surface area contributed by atoms with E-state index >= 15 is 0 Å². The molecule has 1 amide bonds. The SMILES string of the molecule is Cc1cnc(C)n1C1CCN(C(=O)CCC2CCCC2)C1. The van der Waals surface area contributed by atoms with E-state index in [4.69, 9.17) is 0 Å². The highest BCUT2D eigenvalue weighted by Gasteiger charge is 2.29. The Balaban J connectivity index is 1.53. The van der Waals surface area contributed by atoms with Crippen LogP contribution in [-0.2, 0) is 4.79 Å². The Bertz CT molecular complexity index is 483. The Morgan fingerprint density at radius 3 is 2.71 bits per heavy atom. The van der Waals surface area contributed by atoms with Crippen LogP contribution in [0.4, 0.5) is 0 Å². The summed E-state index contributed by atoms with van der Waals surface area (Å²) in [6.45, 7) is 5.93. The fourth-order valence-electron chi connectivity index (χ4n) is 4.08. The molecule has 4 heteroatoms. The van der Waals surface area contributed by atoms with Crippen molar-refractivity contribution in [2.75, 3.05) is 13.1 Å². The molecule has 2 heterocycles. The molecule has 1 atom stereocenters. The van der Waals surface area contributed by atoms with Gasteiger partial charge in [-0.15, -0.1) is 0 Å². The second-order valence-corrected chi connectivity index (χ2v) is 6.79. The maximum atomic E-state index is 12.4. The van der Waals surface area contributed by atoms with Crippen LogP contribution >= 0.6 is 0 Å². The van der Waals surface area contributed by atoms with Gasteiger partial charge in [0.05, 0.1) is 6.04 Å². The monoisotopic (exact) mass is 289 g/mol. The number of hydrogen-bond acceptors (Lipinski definition) is 2. The van der Waals surface area contributed by atoms with Crippen molar-refractivity contribution in [3.05, 3.63) is 17.7 Å². The lowest BCUT2D eigenvalue weighted by Crippen LogP contribution is -2.29. The molecule has 2 aliphatic rings. The lowest BCUT2D eigenvalue weighted by atomic mass is 10.0. The molecule has 4 nitrogen and oxygen atoms in total. The molecule has 1 aromatic rings. The minimum Gasteiger partial charge on any atom is -0.341 e. The van der Waals surface area contributed by atoms with Gasteiger partial charge < -0.3 is 9.47 Å².